The summed E-state index contributed by atoms with van der Waals surface area (Å²) in [5.41, 5.74) is 5.53. The van der Waals surface area contributed by atoms with Gasteiger partial charge in [-0.15, -0.1) is 13.2 Å². The van der Waals surface area contributed by atoms with Crippen LogP contribution in [0.1, 0.15) is 24.8 Å². The molecular formula is C20H26F3N3O6S. The molecule has 1 aromatic carbocycles. The smallest absolute Gasteiger partial charge is 0.406 e. The molecule has 0 saturated carbocycles. The van der Waals surface area contributed by atoms with Gasteiger partial charge in [0.2, 0.25) is 5.91 Å². The second kappa shape index (κ2) is 9.75. The Kier molecular flexibility index (Phi) is 7.42. The highest BCUT2D eigenvalue weighted by Crippen LogP contribution is 2.29. The molecule has 1 aromatic rings. The Morgan fingerprint density at radius 3 is 2.30 bits per heavy atom. The Labute approximate surface area is 189 Å². The van der Waals surface area contributed by atoms with Crippen LogP contribution in [-0.2, 0) is 26.0 Å². The predicted octanol–water partition coefficient (Wildman–Crippen LogP) is 1.90. The van der Waals surface area contributed by atoms with Crippen molar-refractivity contribution in [3.05, 3.63) is 23.8 Å². The zero-order valence-electron chi connectivity index (χ0n) is 18.0. The van der Waals surface area contributed by atoms with Crippen LogP contribution in [0.2, 0.25) is 0 Å². The van der Waals surface area contributed by atoms with Gasteiger partial charge in [0.05, 0.1) is 23.5 Å². The number of hydrogen-bond acceptors (Lipinski definition) is 6. The number of hydrogen-bond donors (Lipinski definition) is 1. The fourth-order valence-electron chi connectivity index (χ4n) is 3.98. The first-order valence-electron chi connectivity index (χ1n) is 10.4. The molecule has 13 heteroatoms. The monoisotopic (exact) mass is 493 g/mol. The summed E-state index contributed by atoms with van der Waals surface area (Å²) in [7, 11) is -3.82. The minimum atomic E-state index is -4.94. The zero-order valence-corrected chi connectivity index (χ0v) is 18.8. The number of benzene rings is 1. The highest BCUT2D eigenvalue weighted by atomic mass is 32.2. The van der Waals surface area contributed by atoms with E-state index in [2.05, 4.69) is 4.74 Å². The van der Waals surface area contributed by atoms with Gasteiger partial charge < -0.3 is 25.0 Å². The van der Waals surface area contributed by atoms with Crippen LogP contribution in [0, 0.1) is 5.92 Å². The summed E-state index contributed by atoms with van der Waals surface area (Å²) in [5, 5.41) is 0. The van der Waals surface area contributed by atoms with E-state index < -0.39 is 27.9 Å². The lowest BCUT2D eigenvalue weighted by molar-refractivity contribution is -0.274. The van der Waals surface area contributed by atoms with Crippen molar-refractivity contribution in [2.24, 2.45) is 11.7 Å². The number of halogens is 3. The molecule has 2 aliphatic heterocycles. The molecule has 0 aromatic heterocycles. The van der Waals surface area contributed by atoms with Gasteiger partial charge in [0.1, 0.15) is 5.75 Å². The molecule has 184 valence electrons. The molecule has 0 aliphatic carbocycles. The average molecular weight is 494 g/mol. The van der Waals surface area contributed by atoms with Crippen LogP contribution in [0.5, 0.6) is 5.75 Å². The number of primary amides is 1. The van der Waals surface area contributed by atoms with E-state index in [0.29, 0.717) is 45.4 Å². The van der Waals surface area contributed by atoms with Crippen molar-refractivity contribution in [2.75, 3.05) is 32.4 Å². The third-order valence-corrected chi connectivity index (χ3v) is 6.90. The molecule has 2 fully saturated rings. The number of alkyl halides is 3. The second-order valence-corrected chi connectivity index (χ2v) is 10.2. The van der Waals surface area contributed by atoms with Crippen molar-refractivity contribution in [1.82, 2.24) is 9.80 Å². The van der Waals surface area contributed by atoms with Gasteiger partial charge in [-0.25, -0.2) is 13.2 Å². The fourth-order valence-corrected chi connectivity index (χ4v) is 4.92. The number of urea groups is 1. The highest BCUT2D eigenvalue weighted by molar-refractivity contribution is 7.90. The molecule has 2 heterocycles. The molecule has 0 spiro atoms. The van der Waals surface area contributed by atoms with Gasteiger partial charge in [-0.3, -0.25) is 4.79 Å². The van der Waals surface area contributed by atoms with Crippen LogP contribution in [0.3, 0.4) is 0 Å². The fraction of sp³-hybridized carbons (Fsp3) is 0.600. The maximum Gasteiger partial charge on any atom is 0.573 e. The number of nitrogens with zero attached hydrogens (tertiary/aromatic N) is 2. The molecule has 2 N–H and O–H groups in total. The number of carbonyl (C=O) groups is 2. The number of nitrogens with two attached hydrogens (primary N) is 1. The Morgan fingerprint density at radius 1 is 1.12 bits per heavy atom. The zero-order chi connectivity index (χ0) is 24.4. The van der Waals surface area contributed by atoms with E-state index in [0.717, 1.165) is 18.4 Å². The summed E-state index contributed by atoms with van der Waals surface area (Å²) in [6, 6.07) is 2.95. The Hall–Kier alpha value is -2.54. The Bertz CT molecular complexity index is 993. The second-order valence-electron chi connectivity index (χ2n) is 8.20. The maximum atomic E-state index is 12.6. The van der Waals surface area contributed by atoms with Crippen molar-refractivity contribution in [3.8, 4) is 5.75 Å². The number of amides is 3. The van der Waals surface area contributed by atoms with Gasteiger partial charge >= 0.3 is 12.4 Å². The lowest BCUT2D eigenvalue weighted by Crippen LogP contribution is -2.47. The summed E-state index contributed by atoms with van der Waals surface area (Å²) in [6.07, 6.45) is -2.70. The van der Waals surface area contributed by atoms with Gasteiger partial charge in [0.15, 0.2) is 9.84 Å². The molecule has 2 aliphatic rings. The normalized spacial score (nSPS) is 20.2. The molecule has 9 nitrogen and oxygen atoms in total. The van der Waals surface area contributed by atoms with Crippen LogP contribution in [0.25, 0.3) is 0 Å². The van der Waals surface area contributed by atoms with E-state index >= 15 is 0 Å². The first-order chi connectivity index (χ1) is 15.3. The SMILES string of the molecule is CS(=O)(=O)c1cc(OC(F)(F)F)ccc1COC1CCN(C(=O)N2CC[C@H](C(N)=O)C2)CC1. The molecule has 2 saturated heterocycles. The average Bonchev–Trinajstić information content (AvgIpc) is 3.21. The van der Waals surface area contributed by atoms with E-state index in [1.54, 1.807) is 9.80 Å². The standard InChI is InChI=1S/C20H26F3N3O6S/c1-33(29,30)17-10-16(32-20(21,22)23)3-2-14(17)12-31-15-5-8-25(9-6-15)19(28)26-7-4-13(11-26)18(24)27/h2-3,10,13,15H,4-9,11-12H2,1H3,(H2,24,27)/t13-/m0/s1. The number of likely N-dealkylation sites (tertiary alicyclic amines) is 2. The van der Waals surface area contributed by atoms with Crippen molar-refractivity contribution >= 4 is 21.8 Å². The van der Waals surface area contributed by atoms with E-state index in [-0.39, 0.29) is 35.1 Å². The van der Waals surface area contributed by atoms with Crippen molar-refractivity contribution < 1.29 is 40.7 Å². The first-order valence-corrected chi connectivity index (χ1v) is 12.3. The molecule has 0 bridgehead atoms. The summed E-state index contributed by atoms with van der Waals surface area (Å²) in [4.78, 5) is 26.9. The molecule has 0 unspecified atom stereocenters. The number of piperidine rings is 1. The minimum Gasteiger partial charge on any atom is -0.406 e. The van der Waals surface area contributed by atoms with Gasteiger partial charge in [-0.05, 0) is 37.0 Å². The van der Waals surface area contributed by atoms with E-state index in [9.17, 15) is 31.2 Å². The Balaban J connectivity index is 1.55. The number of sulfone groups is 1. The van der Waals surface area contributed by atoms with Gasteiger partial charge in [0.25, 0.3) is 0 Å². The summed E-state index contributed by atoms with van der Waals surface area (Å²) in [6.45, 7) is 1.54. The van der Waals surface area contributed by atoms with Gasteiger partial charge in [-0.2, -0.15) is 0 Å². The van der Waals surface area contributed by atoms with Gasteiger partial charge in [-0.1, -0.05) is 6.07 Å². The van der Waals surface area contributed by atoms with Crippen molar-refractivity contribution in [3.63, 3.8) is 0 Å². The molecule has 0 radical (unpaired) electrons. The maximum absolute atomic E-state index is 12.6. The largest absolute Gasteiger partial charge is 0.573 e. The third-order valence-electron chi connectivity index (χ3n) is 5.72. The van der Waals surface area contributed by atoms with E-state index in [1.807, 2.05) is 0 Å². The highest BCUT2D eigenvalue weighted by Gasteiger charge is 2.34. The number of rotatable bonds is 6. The van der Waals surface area contributed by atoms with E-state index in [1.165, 1.54) is 6.07 Å². The lowest BCUT2D eigenvalue weighted by atomic mass is 10.1. The number of ether oxygens (including phenoxy) is 2. The van der Waals surface area contributed by atoms with Crippen LogP contribution >= 0.6 is 0 Å². The molecule has 1 atom stereocenters. The quantitative estimate of drug-likeness (QED) is 0.647. The van der Waals surface area contributed by atoms with Crippen LogP contribution in [0.15, 0.2) is 23.1 Å². The third kappa shape index (κ3) is 6.73. The van der Waals surface area contributed by atoms with Gasteiger partial charge in [0, 0.05) is 32.4 Å². The molecular weight excluding hydrogens is 467 g/mol. The molecule has 33 heavy (non-hydrogen) atoms. The van der Waals surface area contributed by atoms with Crippen molar-refractivity contribution in [2.45, 2.75) is 43.2 Å². The summed E-state index contributed by atoms with van der Waals surface area (Å²) < 4.78 is 71.1. The first kappa shape index (κ1) is 25.1. The topological polar surface area (TPSA) is 119 Å². The van der Waals surface area contributed by atoms with E-state index in [4.69, 9.17) is 10.5 Å². The van der Waals surface area contributed by atoms with Crippen molar-refractivity contribution in [1.29, 1.82) is 0 Å². The van der Waals surface area contributed by atoms with Crippen LogP contribution in [-0.4, -0.2) is 75.1 Å². The summed E-state index contributed by atoms with van der Waals surface area (Å²) in [5.74, 6) is -1.37. The predicted molar refractivity (Wildman–Crippen MR) is 110 cm³/mol. The van der Waals surface area contributed by atoms with Crippen LogP contribution < -0.4 is 10.5 Å². The molecule has 3 amide bonds. The minimum absolute atomic E-state index is 0.111. The Morgan fingerprint density at radius 2 is 1.76 bits per heavy atom. The lowest BCUT2D eigenvalue weighted by Gasteiger charge is -2.34. The number of carbonyl (C=O) groups excluding carboxylic acids is 2. The molecule has 3 rings (SSSR count). The van der Waals surface area contributed by atoms with Crippen LogP contribution in [0.4, 0.5) is 18.0 Å². The summed E-state index contributed by atoms with van der Waals surface area (Å²) >= 11 is 0.